The van der Waals surface area contributed by atoms with Crippen LogP contribution in [-0.2, 0) is 0 Å². The molecule has 18 heteroatoms. The molecule has 0 saturated carbocycles. The van der Waals surface area contributed by atoms with Crippen molar-refractivity contribution in [3.05, 3.63) is 0 Å². The van der Waals surface area contributed by atoms with Gasteiger partial charge in [-0.05, 0) is 0 Å². The van der Waals surface area contributed by atoms with Gasteiger partial charge in [-0.1, -0.05) is 0 Å². The molecule has 0 unspecified atom stereocenters. The second-order valence-electron chi connectivity index (χ2n) is 0. The minimum atomic E-state index is 0. The topological polar surface area (TPSA) is 63.0 Å². The van der Waals surface area contributed by atoms with Crippen molar-refractivity contribution in [1.82, 2.24) is 0 Å². The first-order valence-corrected chi connectivity index (χ1v) is 0. The van der Waals surface area contributed by atoms with Crippen LogP contribution < -0.4 is 0 Å². The fourth-order valence-electron chi connectivity index (χ4n) is 0. The van der Waals surface area contributed by atoms with Gasteiger partial charge < -0.3 is 11.0 Å². The Bertz CT molecular complexity index is 9.06. The van der Waals surface area contributed by atoms with E-state index in [-0.39, 0.29) is 380 Å². The molecule has 0 aliphatic rings. The zero-order valence-corrected chi connectivity index (χ0v) is 1.00. The van der Waals surface area contributed by atoms with Crippen LogP contribution in [0, 0.1) is 0 Å². The second kappa shape index (κ2) is 156. The summed E-state index contributed by atoms with van der Waals surface area (Å²) in [5, 5.41) is 0. The second-order valence-corrected chi connectivity index (χ2v) is 0. The summed E-state index contributed by atoms with van der Waals surface area (Å²) in [6.45, 7) is 0. The Labute approximate surface area is 369 Å². The third kappa shape index (κ3) is 140. The standard InChI is InChI=1S/16Mg.2H2O.32H/h;;;;;;;;;;;;;;;;2*1H2;;;;;;;;;;;;;;;;;;;;;;;;;;;;;;;;. The van der Waals surface area contributed by atoms with E-state index >= 15 is 0 Å². The monoisotopic (exact) mass is 452 g/mol. The van der Waals surface area contributed by atoms with Gasteiger partial charge in [0.05, 0.1) is 0 Å². The van der Waals surface area contributed by atoms with Crippen LogP contribution in [0.25, 0.3) is 0 Å². The quantitative estimate of drug-likeness (QED) is 0.325. The predicted molar refractivity (Wildman–Crippen MR) is 144 cm³/mol. The summed E-state index contributed by atoms with van der Waals surface area (Å²) < 4.78 is 0. The average molecular weight is 457 g/mol. The summed E-state index contributed by atoms with van der Waals surface area (Å²) in [6, 6.07) is 0. The number of hydrogen-bond donors (Lipinski definition) is 0. The molecule has 2 nitrogen and oxygen atoms in total. The summed E-state index contributed by atoms with van der Waals surface area (Å²) in [7, 11) is 0. The van der Waals surface area contributed by atoms with Gasteiger partial charge in [-0.3, -0.25) is 0 Å². The summed E-state index contributed by atoms with van der Waals surface area (Å²) >= 11 is 0. The van der Waals surface area contributed by atoms with Gasteiger partial charge in [0.1, 0.15) is 0 Å². The molecule has 0 aromatic carbocycles. The lowest BCUT2D eigenvalue weighted by Gasteiger charge is -0.413. The molecule has 0 aliphatic heterocycles. The van der Waals surface area contributed by atoms with Crippen LogP contribution in [0.1, 0.15) is 0 Å². The van der Waals surface area contributed by atoms with Gasteiger partial charge in [0.25, 0.3) is 0 Å². The van der Waals surface area contributed by atoms with Crippen molar-refractivity contribution in [2.75, 3.05) is 0 Å². The first kappa shape index (κ1) is 173. The third-order valence-electron chi connectivity index (χ3n) is 0. The Morgan fingerprint density at radius 3 is 0.111 bits per heavy atom. The van der Waals surface area contributed by atoms with E-state index in [2.05, 4.69) is 0 Å². The van der Waals surface area contributed by atoms with Crippen LogP contribution in [0.4, 0.5) is 0 Å². The van der Waals surface area contributed by atoms with Gasteiger partial charge in [-0.2, -0.15) is 0 Å². The lowest BCUT2D eigenvalue weighted by Crippen LogP contribution is -0.382. The van der Waals surface area contributed by atoms with Crippen molar-refractivity contribution in [2.45, 2.75) is 0 Å². The maximum atomic E-state index is 0. The van der Waals surface area contributed by atoms with Crippen LogP contribution in [0.2, 0.25) is 0 Å². The SMILES string of the molecule is O.O.[MgH2].[MgH2].[MgH2].[MgH2].[MgH2].[MgH2].[MgH2].[MgH2].[MgH2].[MgH2].[MgH2].[MgH2].[MgH2].[MgH2].[MgH2].[MgH2]. The van der Waals surface area contributed by atoms with E-state index in [4.69, 9.17) is 0 Å². The van der Waals surface area contributed by atoms with Crippen LogP contribution in [0.15, 0.2) is 0 Å². The summed E-state index contributed by atoms with van der Waals surface area (Å²) in [6.07, 6.45) is 0. The summed E-state index contributed by atoms with van der Waals surface area (Å²) in [5.74, 6) is 0. The molecule has 0 saturated heterocycles. The molecule has 0 spiro atoms. The van der Waals surface area contributed by atoms with E-state index in [0.29, 0.717) is 0 Å². The number of hydrogen-bond acceptors (Lipinski definition) is 0. The van der Waals surface area contributed by atoms with E-state index in [9.17, 15) is 0 Å². The number of rotatable bonds is 0. The molecular weight excluding hydrogens is 421 g/mol. The minimum Gasteiger partial charge on any atom is -0.412 e. The van der Waals surface area contributed by atoms with Gasteiger partial charge in [-0.15, -0.1) is 0 Å². The smallest absolute Gasteiger partial charge is 0.316 e. The molecule has 0 bridgehead atoms. The third-order valence-corrected chi connectivity index (χ3v) is 0. The molecule has 0 atom stereocenters. The Morgan fingerprint density at radius 1 is 0.111 bits per heavy atom. The summed E-state index contributed by atoms with van der Waals surface area (Å²) in [4.78, 5) is 0. The Kier molecular flexibility index (Phi) is 1500. The van der Waals surface area contributed by atoms with E-state index < -0.39 is 0 Å². The normalized spacial score (nSPS) is 0. The maximum absolute atomic E-state index is 0. The highest BCUT2D eigenvalue weighted by Gasteiger charge is 0.331. The highest BCUT2D eigenvalue weighted by Crippen LogP contribution is -0.288. The van der Waals surface area contributed by atoms with Crippen molar-refractivity contribution in [2.24, 2.45) is 0 Å². The largest absolute Gasteiger partial charge is 0.412 e. The lowest BCUT2D eigenvalue weighted by molar-refractivity contribution is 0.823. The zero-order valence-electron chi connectivity index (χ0n) is 1.00. The lowest BCUT2D eigenvalue weighted by atomic mass is 16.0. The van der Waals surface area contributed by atoms with Crippen LogP contribution in [-0.4, -0.2) is 380 Å². The Balaban J connectivity index is 0. The van der Waals surface area contributed by atoms with Crippen LogP contribution in [0.5, 0.6) is 0 Å². The van der Waals surface area contributed by atoms with Crippen molar-refractivity contribution < 1.29 is 11.0 Å². The predicted octanol–water partition coefficient (Wildman–Crippen LogP) is -16.3. The molecule has 80 valence electrons. The van der Waals surface area contributed by atoms with Gasteiger partial charge in [0.15, 0.2) is 0 Å². The molecule has 0 aromatic rings. The van der Waals surface area contributed by atoms with Crippen LogP contribution in [0.3, 0.4) is 0 Å². The van der Waals surface area contributed by atoms with Crippen molar-refractivity contribution >= 4 is 369 Å². The molecule has 0 radical (unpaired) electrons. The molecular formula is H36Mg16O2. The fraction of sp³-hybridized carbons (Fsp3) is 0. The Morgan fingerprint density at radius 2 is 0.111 bits per heavy atom. The molecule has 18 heavy (non-hydrogen) atoms. The van der Waals surface area contributed by atoms with Gasteiger partial charge in [0.2, 0.25) is 0 Å². The first-order chi connectivity index (χ1) is 0. The highest BCUT2D eigenvalue weighted by atomic mass is 24.3. The van der Waals surface area contributed by atoms with E-state index in [1.165, 1.54) is 0 Å². The zero-order chi connectivity index (χ0) is 0. The molecule has 0 rings (SSSR count). The molecule has 0 aromatic heterocycles. The highest BCUT2D eigenvalue weighted by molar-refractivity contribution is 5.77. The van der Waals surface area contributed by atoms with Crippen molar-refractivity contribution in [1.29, 1.82) is 0 Å². The molecule has 4 N–H and O–H groups in total. The average Bonchev–Trinajstić information content (AvgIpc) is 0. The van der Waals surface area contributed by atoms with Crippen molar-refractivity contribution in [3.8, 4) is 0 Å². The summed E-state index contributed by atoms with van der Waals surface area (Å²) in [5.41, 5.74) is 0. The van der Waals surface area contributed by atoms with Gasteiger partial charge in [-0.25, -0.2) is 0 Å². The minimum absolute atomic E-state index is 0. The van der Waals surface area contributed by atoms with Crippen LogP contribution >= 0.6 is 0 Å². The first-order valence-electron chi connectivity index (χ1n) is 0. The van der Waals surface area contributed by atoms with Gasteiger partial charge in [0, 0.05) is 0 Å². The van der Waals surface area contributed by atoms with E-state index in [1.54, 1.807) is 0 Å². The molecule has 0 amide bonds. The fourth-order valence-corrected chi connectivity index (χ4v) is 0. The molecule has 0 heterocycles. The van der Waals surface area contributed by atoms with E-state index in [0.717, 1.165) is 0 Å². The Hall–Kier alpha value is 12.2. The molecule has 0 aliphatic carbocycles. The van der Waals surface area contributed by atoms with Crippen molar-refractivity contribution in [3.63, 3.8) is 0 Å². The molecule has 0 fully saturated rings. The maximum Gasteiger partial charge on any atom is 0.316 e. The van der Waals surface area contributed by atoms with E-state index in [1.807, 2.05) is 0 Å². The van der Waals surface area contributed by atoms with Gasteiger partial charge >= 0.3 is 369 Å².